The van der Waals surface area contributed by atoms with Crippen LogP contribution in [-0.4, -0.2) is 14.5 Å². The third-order valence-electron chi connectivity index (χ3n) is 3.54. The van der Waals surface area contributed by atoms with E-state index in [4.69, 9.17) is 11.6 Å². The van der Waals surface area contributed by atoms with Gasteiger partial charge in [-0.05, 0) is 18.9 Å². The number of halogens is 1. The predicted octanol–water partition coefficient (Wildman–Crippen LogP) is 3.28. The molecule has 0 bridgehead atoms. The van der Waals surface area contributed by atoms with Crippen molar-refractivity contribution in [1.29, 1.82) is 0 Å². The largest absolute Gasteiger partial charge is 0.319 e. The second-order valence-electron chi connectivity index (χ2n) is 4.50. The molecule has 3 nitrogen and oxygen atoms in total. The molecule has 2 heterocycles. The van der Waals surface area contributed by atoms with Crippen molar-refractivity contribution < 1.29 is 0 Å². The molecule has 16 heavy (non-hydrogen) atoms. The molecule has 0 saturated heterocycles. The molecule has 0 spiro atoms. The molecule has 0 amide bonds. The fourth-order valence-corrected chi connectivity index (χ4v) is 2.84. The lowest BCUT2D eigenvalue weighted by atomic mass is 10.0. The third-order valence-corrected chi connectivity index (χ3v) is 3.90. The molecule has 1 aliphatic carbocycles. The van der Waals surface area contributed by atoms with Crippen LogP contribution in [0.5, 0.6) is 0 Å². The van der Waals surface area contributed by atoms with E-state index in [1.165, 1.54) is 31.4 Å². The third kappa shape index (κ3) is 1.42. The number of hydrogen-bond donors (Lipinski definition) is 0. The average Bonchev–Trinajstić information content (AvgIpc) is 2.89. The Morgan fingerprint density at radius 3 is 2.81 bits per heavy atom. The Morgan fingerprint density at radius 2 is 2.06 bits per heavy atom. The first-order chi connectivity index (χ1) is 7.77. The van der Waals surface area contributed by atoms with Crippen molar-refractivity contribution in [1.82, 2.24) is 14.5 Å². The van der Waals surface area contributed by atoms with Gasteiger partial charge in [-0.15, -0.1) is 0 Å². The molecule has 0 radical (unpaired) electrons. The van der Waals surface area contributed by atoms with Crippen molar-refractivity contribution >= 4 is 22.6 Å². The molecular formula is C12H14ClN3. The van der Waals surface area contributed by atoms with Crippen molar-refractivity contribution in [3.05, 3.63) is 23.2 Å². The van der Waals surface area contributed by atoms with Crippen LogP contribution in [0.25, 0.3) is 11.0 Å². The number of rotatable bonds is 1. The van der Waals surface area contributed by atoms with Crippen LogP contribution < -0.4 is 0 Å². The number of aromatic nitrogens is 3. The molecular weight excluding hydrogens is 222 g/mol. The molecule has 1 aliphatic rings. The summed E-state index contributed by atoms with van der Waals surface area (Å²) in [5.41, 5.74) is 2.13. The summed E-state index contributed by atoms with van der Waals surface area (Å²) in [6.07, 6.45) is 6.79. The van der Waals surface area contributed by atoms with Gasteiger partial charge in [0.15, 0.2) is 0 Å². The average molecular weight is 236 g/mol. The molecule has 2 aromatic rings. The van der Waals surface area contributed by atoms with E-state index >= 15 is 0 Å². The highest BCUT2D eigenvalue weighted by Gasteiger charge is 2.22. The van der Waals surface area contributed by atoms with Gasteiger partial charge in [0.1, 0.15) is 17.1 Å². The molecule has 4 heteroatoms. The van der Waals surface area contributed by atoms with E-state index in [1.54, 1.807) is 6.33 Å². The van der Waals surface area contributed by atoms with Crippen molar-refractivity contribution in [2.24, 2.45) is 7.05 Å². The summed E-state index contributed by atoms with van der Waals surface area (Å²) >= 11 is 6.13. The molecule has 1 fully saturated rings. The highest BCUT2D eigenvalue weighted by Crippen LogP contribution is 2.36. The van der Waals surface area contributed by atoms with Gasteiger partial charge in [0.25, 0.3) is 0 Å². The molecule has 2 aromatic heterocycles. The fourth-order valence-electron chi connectivity index (χ4n) is 2.65. The number of aryl methyl sites for hydroxylation is 1. The molecule has 0 aliphatic heterocycles. The summed E-state index contributed by atoms with van der Waals surface area (Å²) < 4.78 is 1.91. The van der Waals surface area contributed by atoms with Crippen molar-refractivity contribution in [3.8, 4) is 0 Å². The maximum absolute atomic E-state index is 6.13. The van der Waals surface area contributed by atoms with E-state index in [9.17, 15) is 0 Å². The monoisotopic (exact) mass is 235 g/mol. The van der Waals surface area contributed by atoms with Crippen LogP contribution in [0, 0.1) is 0 Å². The number of hydrogen-bond acceptors (Lipinski definition) is 2. The van der Waals surface area contributed by atoms with Crippen LogP contribution in [0.1, 0.15) is 37.3 Å². The van der Waals surface area contributed by atoms with Crippen LogP contribution >= 0.6 is 11.6 Å². The standard InChI is InChI=1S/C12H14ClN3/c1-16-10(13)6-9-11(8-4-2-3-5-8)14-7-15-12(9)16/h6-8H,2-5H2,1H3. The van der Waals surface area contributed by atoms with Gasteiger partial charge in [-0.1, -0.05) is 24.4 Å². The lowest BCUT2D eigenvalue weighted by molar-refractivity contribution is 0.702. The van der Waals surface area contributed by atoms with Crippen LogP contribution in [0.3, 0.4) is 0 Å². The zero-order valence-corrected chi connectivity index (χ0v) is 10.0. The van der Waals surface area contributed by atoms with Crippen molar-refractivity contribution in [3.63, 3.8) is 0 Å². The first-order valence-corrected chi connectivity index (χ1v) is 6.11. The van der Waals surface area contributed by atoms with Gasteiger partial charge in [0.05, 0.1) is 5.69 Å². The zero-order valence-electron chi connectivity index (χ0n) is 9.28. The van der Waals surface area contributed by atoms with E-state index in [1.807, 2.05) is 17.7 Å². The number of fused-ring (bicyclic) bond motifs is 1. The van der Waals surface area contributed by atoms with Gasteiger partial charge < -0.3 is 4.57 Å². The topological polar surface area (TPSA) is 30.7 Å². The Bertz CT molecular complexity index is 526. The van der Waals surface area contributed by atoms with E-state index in [0.717, 1.165) is 16.2 Å². The first kappa shape index (κ1) is 10.1. The molecule has 3 rings (SSSR count). The summed E-state index contributed by atoms with van der Waals surface area (Å²) in [6, 6.07) is 1.99. The van der Waals surface area contributed by atoms with Gasteiger partial charge in [-0.3, -0.25) is 0 Å². The normalized spacial score (nSPS) is 17.4. The van der Waals surface area contributed by atoms with Gasteiger partial charge in [0, 0.05) is 18.4 Å². The van der Waals surface area contributed by atoms with Gasteiger partial charge >= 0.3 is 0 Å². The Balaban J connectivity index is 2.20. The highest BCUT2D eigenvalue weighted by atomic mass is 35.5. The van der Waals surface area contributed by atoms with E-state index < -0.39 is 0 Å². The highest BCUT2D eigenvalue weighted by molar-refractivity contribution is 6.30. The fraction of sp³-hybridized carbons (Fsp3) is 0.500. The minimum Gasteiger partial charge on any atom is -0.319 e. The minimum atomic E-state index is 0.601. The maximum Gasteiger partial charge on any atom is 0.144 e. The summed E-state index contributed by atoms with van der Waals surface area (Å²) in [5, 5.41) is 1.86. The Morgan fingerprint density at radius 1 is 1.31 bits per heavy atom. The molecule has 0 N–H and O–H groups in total. The Hall–Kier alpha value is -1.09. The van der Waals surface area contributed by atoms with Gasteiger partial charge in [0.2, 0.25) is 0 Å². The lowest BCUT2D eigenvalue weighted by Gasteiger charge is -2.08. The SMILES string of the molecule is Cn1c(Cl)cc2c(C3CCCC3)ncnc21. The summed E-state index contributed by atoms with van der Waals surface area (Å²) in [5.74, 6) is 0.601. The molecule has 0 aromatic carbocycles. The Labute approximate surface area is 99.5 Å². The van der Waals surface area contributed by atoms with Crippen molar-refractivity contribution in [2.75, 3.05) is 0 Å². The molecule has 1 saturated carbocycles. The second kappa shape index (κ2) is 3.74. The van der Waals surface area contributed by atoms with Crippen LogP contribution in [0.15, 0.2) is 12.4 Å². The van der Waals surface area contributed by atoms with Gasteiger partial charge in [-0.2, -0.15) is 0 Å². The summed E-state index contributed by atoms with van der Waals surface area (Å²) in [7, 11) is 1.94. The van der Waals surface area contributed by atoms with E-state index in [2.05, 4.69) is 9.97 Å². The predicted molar refractivity (Wildman–Crippen MR) is 64.7 cm³/mol. The number of nitrogens with zero attached hydrogens (tertiary/aromatic N) is 3. The maximum atomic E-state index is 6.13. The van der Waals surface area contributed by atoms with Gasteiger partial charge in [-0.25, -0.2) is 9.97 Å². The quantitative estimate of drug-likeness (QED) is 0.760. The Kier molecular flexibility index (Phi) is 2.36. The van der Waals surface area contributed by atoms with Crippen LogP contribution in [0.4, 0.5) is 0 Å². The van der Waals surface area contributed by atoms with Crippen LogP contribution in [-0.2, 0) is 7.05 Å². The lowest BCUT2D eigenvalue weighted by Crippen LogP contribution is -1.99. The summed E-state index contributed by atoms with van der Waals surface area (Å²) in [4.78, 5) is 8.76. The first-order valence-electron chi connectivity index (χ1n) is 5.73. The molecule has 0 atom stereocenters. The summed E-state index contributed by atoms with van der Waals surface area (Å²) in [6.45, 7) is 0. The van der Waals surface area contributed by atoms with E-state index in [0.29, 0.717) is 5.92 Å². The second-order valence-corrected chi connectivity index (χ2v) is 4.89. The molecule has 0 unspecified atom stereocenters. The van der Waals surface area contributed by atoms with E-state index in [-0.39, 0.29) is 0 Å². The minimum absolute atomic E-state index is 0.601. The smallest absolute Gasteiger partial charge is 0.144 e. The molecule has 84 valence electrons. The van der Waals surface area contributed by atoms with Crippen LogP contribution in [0.2, 0.25) is 5.15 Å². The van der Waals surface area contributed by atoms with Crippen molar-refractivity contribution in [2.45, 2.75) is 31.6 Å². The zero-order chi connectivity index (χ0) is 11.1.